The number of unbranched alkanes of at least 4 members (excludes halogenated alkanes) is 2. The summed E-state index contributed by atoms with van der Waals surface area (Å²) in [4.78, 5) is 0. The highest BCUT2D eigenvalue weighted by molar-refractivity contribution is 5.29. The third-order valence-corrected chi connectivity index (χ3v) is 2.75. The normalized spacial score (nSPS) is 10.7. The fourth-order valence-corrected chi connectivity index (χ4v) is 1.72. The molecule has 2 N–H and O–H groups in total. The third kappa shape index (κ3) is 4.77. The molecule has 2 heteroatoms. The Morgan fingerprint density at radius 2 is 1.94 bits per heavy atom. The van der Waals surface area contributed by atoms with Crippen molar-refractivity contribution < 1.29 is 4.74 Å². The Morgan fingerprint density at radius 1 is 1.12 bits per heavy atom. The molecule has 16 heavy (non-hydrogen) atoms. The average Bonchev–Trinajstić information content (AvgIpc) is 2.26. The zero-order chi connectivity index (χ0) is 11.8. The van der Waals surface area contributed by atoms with Gasteiger partial charge in [-0.15, -0.1) is 0 Å². The number of hydrogen-bond donors (Lipinski definition) is 1. The molecule has 0 heterocycles. The van der Waals surface area contributed by atoms with Crippen LogP contribution in [0.3, 0.4) is 0 Å². The van der Waals surface area contributed by atoms with Crippen molar-refractivity contribution in [2.24, 2.45) is 5.73 Å². The highest BCUT2D eigenvalue weighted by Gasteiger charge is 1.98. The van der Waals surface area contributed by atoms with Gasteiger partial charge in [0, 0.05) is 6.61 Å². The van der Waals surface area contributed by atoms with Gasteiger partial charge in [-0.3, -0.25) is 0 Å². The summed E-state index contributed by atoms with van der Waals surface area (Å²) in [5.74, 6) is 0. The van der Waals surface area contributed by atoms with Gasteiger partial charge in [-0.25, -0.2) is 0 Å². The maximum Gasteiger partial charge on any atom is 0.0719 e. The summed E-state index contributed by atoms with van der Waals surface area (Å²) in [6, 6.07) is 6.50. The van der Waals surface area contributed by atoms with E-state index < -0.39 is 0 Å². The first-order chi connectivity index (χ1) is 7.74. The minimum Gasteiger partial charge on any atom is -0.377 e. The third-order valence-electron chi connectivity index (χ3n) is 2.75. The fourth-order valence-electron chi connectivity index (χ4n) is 1.72. The van der Waals surface area contributed by atoms with Crippen molar-refractivity contribution in [3.8, 4) is 0 Å². The van der Waals surface area contributed by atoms with Gasteiger partial charge in [0.25, 0.3) is 0 Å². The molecule has 0 bridgehead atoms. The molecule has 0 amide bonds. The van der Waals surface area contributed by atoms with Crippen molar-refractivity contribution in [2.75, 3.05) is 13.2 Å². The molecule has 1 aromatic carbocycles. The van der Waals surface area contributed by atoms with Gasteiger partial charge in [0.2, 0.25) is 0 Å². The van der Waals surface area contributed by atoms with E-state index >= 15 is 0 Å². The van der Waals surface area contributed by atoms with E-state index in [2.05, 4.69) is 32.0 Å². The predicted molar refractivity (Wildman–Crippen MR) is 68.5 cm³/mol. The minimum atomic E-state index is 0.731. The highest BCUT2D eigenvalue weighted by Crippen LogP contribution is 2.11. The number of ether oxygens (including phenoxy) is 1. The summed E-state index contributed by atoms with van der Waals surface area (Å²) in [7, 11) is 0. The second kappa shape index (κ2) is 7.42. The molecule has 2 nitrogen and oxygen atoms in total. The van der Waals surface area contributed by atoms with Crippen LogP contribution in [0.2, 0.25) is 0 Å². The summed E-state index contributed by atoms with van der Waals surface area (Å²) in [6.45, 7) is 6.61. The van der Waals surface area contributed by atoms with E-state index in [9.17, 15) is 0 Å². The van der Waals surface area contributed by atoms with Crippen molar-refractivity contribution in [3.05, 3.63) is 34.9 Å². The molecule has 0 unspecified atom stereocenters. The van der Waals surface area contributed by atoms with E-state index in [4.69, 9.17) is 10.5 Å². The summed E-state index contributed by atoms with van der Waals surface area (Å²) in [5.41, 5.74) is 9.35. The Morgan fingerprint density at radius 3 is 2.62 bits per heavy atom. The Labute approximate surface area is 98.8 Å². The molecular weight excluding hydrogens is 198 g/mol. The van der Waals surface area contributed by atoms with Crippen LogP contribution >= 0.6 is 0 Å². The van der Waals surface area contributed by atoms with Crippen LogP contribution < -0.4 is 5.73 Å². The van der Waals surface area contributed by atoms with Crippen LogP contribution in [-0.4, -0.2) is 13.2 Å². The Kier molecular flexibility index (Phi) is 6.12. The summed E-state index contributed by atoms with van der Waals surface area (Å²) in [6.07, 6.45) is 3.39. The number of rotatable bonds is 7. The Balaban J connectivity index is 2.21. The van der Waals surface area contributed by atoms with Gasteiger partial charge in [0.05, 0.1) is 6.61 Å². The molecule has 0 aliphatic carbocycles. The lowest BCUT2D eigenvalue weighted by Gasteiger charge is -2.08. The Bertz CT molecular complexity index is 310. The van der Waals surface area contributed by atoms with Crippen LogP contribution in [0, 0.1) is 13.8 Å². The van der Waals surface area contributed by atoms with Crippen molar-refractivity contribution in [1.82, 2.24) is 0 Å². The number of nitrogens with two attached hydrogens (primary N) is 1. The molecule has 0 radical (unpaired) electrons. The number of aryl methyl sites for hydroxylation is 2. The average molecular weight is 221 g/mol. The lowest BCUT2D eigenvalue weighted by molar-refractivity contribution is 0.116. The van der Waals surface area contributed by atoms with Crippen LogP contribution in [0.25, 0.3) is 0 Å². The highest BCUT2D eigenvalue weighted by atomic mass is 16.5. The van der Waals surface area contributed by atoms with Gasteiger partial charge in [0.15, 0.2) is 0 Å². The molecule has 0 aliphatic rings. The molecule has 0 aliphatic heterocycles. The van der Waals surface area contributed by atoms with Gasteiger partial charge in [-0.2, -0.15) is 0 Å². The first kappa shape index (κ1) is 13.2. The van der Waals surface area contributed by atoms with Crippen LogP contribution in [0.5, 0.6) is 0 Å². The Hall–Kier alpha value is -0.860. The molecule has 90 valence electrons. The molecule has 0 aromatic heterocycles. The van der Waals surface area contributed by atoms with E-state index in [1.54, 1.807) is 0 Å². The van der Waals surface area contributed by atoms with Crippen LogP contribution in [-0.2, 0) is 11.3 Å². The first-order valence-corrected chi connectivity index (χ1v) is 6.08. The fraction of sp³-hybridized carbons (Fsp3) is 0.571. The molecule has 0 saturated heterocycles. The minimum absolute atomic E-state index is 0.731. The lowest BCUT2D eigenvalue weighted by atomic mass is 10.1. The molecule has 1 rings (SSSR count). The van der Waals surface area contributed by atoms with Gasteiger partial charge < -0.3 is 10.5 Å². The molecule has 0 fully saturated rings. The monoisotopic (exact) mass is 221 g/mol. The molecule has 0 saturated carbocycles. The second-order valence-corrected chi connectivity index (χ2v) is 4.33. The summed E-state index contributed by atoms with van der Waals surface area (Å²) >= 11 is 0. The largest absolute Gasteiger partial charge is 0.377 e. The standard InChI is InChI=1S/C14H23NO/c1-12-6-7-14(13(2)10-12)11-16-9-5-3-4-8-15/h6-7,10H,3-5,8-9,11,15H2,1-2H3. The quantitative estimate of drug-likeness (QED) is 0.718. The maximum atomic E-state index is 5.65. The second-order valence-electron chi connectivity index (χ2n) is 4.33. The summed E-state index contributed by atoms with van der Waals surface area (Å²) < 4.78 is 5.65. The molecule has 0 spiro atoms. The summed E-state index contributed by atoms with van der Waals surface area (Å²) in [5, 5.41) is 0. The smallest absolute Gasteiger partial charge is 0.0719 e. The number of benzene rings is 1. The van der Waals surface area contributed by atoms with Crippen LogP contribution in [0.15, 0.2) is 18.2 Å². The van der Waals surface area contributed by atoms with E-state index in [0.717, 1.165) is 32.6 Å². The van der Waals surface area contributed by atoms with Crippen LogP contribution in [0.4, 0.5) is 0 Å². The first-order valence-electron chi connectivity index (χ1n) is 6.08. The molecule has 1 aromatic rings. The van der Waals surface area contributed by atoms with Crippen molar-refractivity contribution in [1.29, 1.82) is 0 Å². The van der Waals surface area contributed by atoms with Gasteiger partial charge in [-0.1, -0.05) is 23.8 Å². The molecule has 0 atom stereocenters. The predicted octanol–water partition coefficient (Wildman–Crippen LogP) is 2.95. The van der Waals surface area contributed by atoms with E-state index in [-0.39, 0.29) is 0 Å². The van der Waals surface area contributed by atoms with E-state index in [0.29, 0.717) is 0 Å². The van der Waals surface area contributed by atoms with Crippen molar-refractivity contribution >= 4 is 0 Å². The van der Waals surface area contributed by atoms with Crippen molar-refractivity contribution in [2.45, 2.75) is 39.7 Å². The lowest BCUT2D eigenvalue weighted by Crippen LogP contribution is -2.01. The van der Waals surface area contributed by atoms with Crippen LogP contribution in [0.1, 0.15) is 36.0 Å². The topological polar surface area (TPSA) is 35.2 Å². The van der Waals surface area contributed by atoms with Gasteiger partial charge in [0.1, 0.15) is 0 Å². The maximum absolute atomic E-state index is 5.65. The van der Waals surface area contributed by atoms with Crippen molar-refractivity contribution in [3.63, 3.8) is 0 Å². The zero-order valence-electron chi connectivity index (χ0n) is 10.5. The van der Waals surface area contributed by atoms with Gasteiger partial charge in [-0.05, 0) is 50.8 Å². The van der Waals surface area contributed by atoms with Gasteiger partial charge >= 0.3 is 0 Å². The number of hydrogen-bond acceptors (Lipinski definition) is 2. The van der Waals surface area contributed by atoms with E-state index in [1.807, 2.05) is 0 Å². The van der Waals surface area contributed by atoms with E-state index in [1.165, 1.54) is 23.1 Å². The molecular formula is C14H23NO. The SMILES string of the molecule is Cc1ccc(COCCCCCN)c(C)c1. The zero-order valence-corrected chi connectivity index (χ0v) is 10.5.